The summed E-state index contributed by atoms with van der Waals surface area (Å²) in [5.74, 6) is -0.690. The van der Waals surface area contributed by atoms with Crippen molar-refractivity contribution in [2.45, 2.75) is 0 Å². The van der Waals surface area contributed by atoms with E-state index < -0.39 is 0 Å². The molecule has 2 N–H and O–H groups in total. The van der Waals surface area contributed by atoms with E-state index in [1.54, 1.807) is 54.7 Å². The molecule has 0 atom stereocenters. The maximum Gasteiger partial charge on any atom is 0.271 e. The van der Waals surface area contributed by atoms with Crippen LogP contribution in [0.15, 0.2) is 96.1 Å². The third kappa shape index (κ3) is 5.15. The van der Waals surface area contributed by atoms with Crippen molar-refractivity contribution >= 4 is 46.1 Å². The highest BCUT2D eigenvalue weighted by Gasteiger charge is 2.09. The summed E-state index contributed by atoms with van der Waals surface area (Å²) >= 11 is 5.93. The van der Waals surface area contributed by atoms with Gasteiger partial charge in [0.2, 0.25) is 0 Å². The van der Waals surface area contributed by atoms with Crippen LogP contribution in [0.2, 0.25) is 5.02 Å². The number of nitrogens with one attached hydrogen (secondary N) is 2. The van der Waals surface area contributed by atoms with Gasteiger partial charge in [0.15, 0.2) is 0 Å². The van der Waals surface area contributed by atoms with Gasteiger partial charge in [-0.05, 0) is 58.8 Å². The van der Waals surface area contributed by atoms with E-state index in [4.69, 9.17) is 11.6 Å². The number of anilines is 1. The number of hydrogen-bond donors (Lipinski definition) is 2. The molecule has 2 amide bonds. The van der Waals surface area contributed by atoms with E-state index in [1.165, 1.54) is 0 Å². The summed E-state index contributed by atoms with van der Waals surface area (Å²) in [6.45, 7) is 0. The highest BCUT2D eigenvalue weighted by molar-refractivity contribution is 6.31. The lowest BCUT2D eigenvalue weighted by Gasteiger charge is -2.07. The van der Waals surface area contributed by atoms with Crippen LogP contribution in [0, 0.1) is 0 Å². The third-order valence-electron chi connectivity index (χ3n) is 4.62. The molecular formula is C25H18ClN3O2. The molecule has 0 heterocycles. The van der Waals surface area contributed by atoms with Crippen LogP contribution in [0.3, 0.4) is 0 Å². The van der Waals surface area contributed by atoms with Crippen LogP contribution in [0.1, 0.15) is 26.3 Å². The van der Waals surface area contributed by atoms with Gasteiger partial charge in [-0.15, -0.1) is 0 Å². The fourth-order valence-corrected chi connectivity index (χ4v) is 3.28. The summed E-state index contributed by atoms with van der Waals surface area (Å²) in [7, 11) is 0. The summed E-state index contributed by atoms with van der Waals surface area (Å²) < 4.78 is 0. The van der Waals surface area contributed by atoms with Crippen molar-refractivity contribution in [3.05, 3.63) is 113 Å². The van der Waals surface area contributed by atoms with Crippen molar-refractivity contribution in [3.63, 3.8) is 0 Å². The zero-order chi connectivity index (χ0) is 21.6. The molecule has 6 heteroatoms. The van der Waals surface area contributed by atoms with Crippen LogP contribution in [-0.4, -0.2) is 18.0 Å². The van der Waals surface area contributed by atoms with Gasteiger partial charge in [0.05, 0.1) is 6.21 Å². The lowest BCUT2D eigenvalue weighted by molar-refractivity contribution is 0.0953. The van der Waals surface area contributed by atoms with Gasteiger partial charge in [0.25, 0.3) is 11.8 Å². The largest absolute Gasteiger partial charge is 0.322 e. The molecule has 5 nitrogen and oxygen atoms in total. The van der Waals surface area contributed by atoms with Gasteiger partial charge >= 0.3 is 0 Å². The average Bonchev–Trinajstić information content (AvgIpc) is 2.79. The number of fused-ring (bicyclic) bond motifs is 1. The molecule has 0 saturated carbocycles. The second kappa shape index (κ2) is 9.24. The fraction of sp³-hybridized carbons (Fsp3) is 0. The molecule has 0 saturated heterocycles. The van der Waals surface area contributed by atoms with E-state index in [0.717, 1.165) is 16.3 Å². The van der Waals surface area contributed by atoms with Crippen molar-refractivity contribution < 1.29 is 9.59 Å². The first-order chi connectivity index (χ1) is 15.1. The first-order valence-corrected chi connectivity index (χ1v) is 9.95. The molecule has 4 rings (SSSR count). The maximum atomic E-state index is 12.4. The fourth-order valence-electron chi connectivity index (χ4n) is 3.09. The third-order valence-corrected chi connectivity index (χ3v) is 4.86. The van der Waals surface area contributed by atoms with Gasteiger partial charge < -0.3 is 5.32 Å². The van der Waals surface area contributed by atoms with E-state index in [0.29, 0.717) is 21.8 Å². The van der Waals surface area contributed by atoms with Crippen molar-refractivity contribution in [1.82, 2.24) is 5.43 Å². The standard InChI is InChI=1S/C25H18ClN3O2/c26-22-9-3-7-20(14-22)24(30)28-23-10-4-8-21(15-23)25(31)29-27-16-17-11-12-18-5-1-2-6-19(18)13-17/h1-16H,(H,28,30)(H,29,31)/b27-16-. The van der Waals surface area contributed by atoms with Crippen LogP contribution in [0.25, 0.3) is 10.8 Å². The highest BCUT2D eigenvalue weighted by Crippen LogP contribution is 2.16. The molecule has 0 aliphatic carbocycles. The van der Waals surface area contributed by atoms with Crippen LogP contribution in [-0.2, 0) is 0 Å². The second-order valence-corrected chi connectivity index (χ2v) is 7.29. The number of halogens is 1. The van der Waals surface area contributed by atoms with Crippen molar-refractivity contribution in [1.29, 1.82) is 0 Å². The van der Waals surface area contributed by atoms with E-state index in [1.807, 2.05) is 42.5 Å². The summed E-state index contributed by atoms with van der Waals surface area (Å²) in [5, 5.41) is 9.52. The molecule has 0 aliphatic heterocycles. The Morgan fingerprint density at radius 3 is 2.29 bits per heavy atom. The summed E-state index contributed by atoms with van der Waals surface area (Å²) in [6.07, 6.45) is 1.59. The Morgan fingerprint density at radius 1 is 0.742 bits per heavy atom. The summed E-state index contributed by atoms with van der Waals surface area (Å²) in [6, 6.07) is 27.2. The number of nitrogens with zero attached hydrogens (tertiary/aromatic N) is 1. The topological polar surface area (TPSA) is 70.6 Å². The minimum absolute atomic E-state index is 0.311. The van der Waals surface area contributed by atoms with E-state index in [9.17, 15) is 9.59 Å². The minimum atomic E-state index is -0.379. The Balaban J connectivity index is 1.41. The SMILES string of the molecule is O=C(N/N=C\c1ccc2ccccc2c1)c1cccc(NC(=O)c2cccc(Cl)c2)c1. The molecule has 31 heavy (non-hydrogen) atoms. The van der Waals surface area contributed by atoms with Gasteiger partial charge in [-0.2, -0.15) is 5.10 Å². The van der Waals surface area contributed by atoms with Crippen molar-refractivity contribution in [2.24, 2.45) is 5.10 Å². The summed E-state index contributed by atoms with van der Waals surface area (Å²) in [4.78, 5) is 24.8. The van der Waals surface area contributed by atoms with E-state index >= 15 is 0 Å². The normalized spacial score (nSPS) is 10.9. The first-order valence-electron chi connectivity index (χ1n) is 9.58. The minimum Gasteiger partial charge on any atom is -0.322 e. The molecule has 0 radical (unpaired) electrons. The quantitative estimate of drug-likeness (QED) is 0.325. The van der Waals surface area contributed by atoms with Gasteiger partial charge in [-0.25, -0.2) is 5.43 Å². The zero-order valence-electron chi connectivity index (χ0n) is 16.4. The van der Waals surface area contributed by atoms with Crippen molar-refractivity contribution in [3.8, 4) is 0 Å². The first kappa shape index (κ1) is 20.3. The number of carbonyl (C=O) groups excluding carboxylic acids is 2. The van der Waals surface area contributed by atoms with Gasteiger partial charge in [0, 0.05) is 21.8 Å². The second-order valence-electron chi connectivity index (χ2n) is 6.85. The van der Waals surface area contributed by atoms with Crippen LogP contribution in [0.5, 0.6) is 0 Å². The van der Waals surface area contributed by atoms with Crippen LogP contribution in [0.4, 0.5) is 5.69 Å². The number of rotatable bonds is 5. The Bertz CT molecular complexity index is 1300. The lowest BCUT2D eigenvalue weighted by atomic mass is 10.1. The van der Waals surface area contributed by atoms with Gasteiger partial charge in [-0.3, -0.25) is 9.59 Å². The van der Waals surface area contributed by atoms with Gasteiger partial charge in [-0.1, -0.05) is 60.1 Å². The molecule has 0 spiro atoms. The number of hydrazone groups is 1. The number of benzene rings is 4. The molecule has 0 bridgehead atoms. The van der Waals surface area contributed by atoms with Gasteiger partial charge in [0.1, 0.15) is 0 Å². The Kier molecular flexibility index (Phi) is 6.05. The molecule has 0 fully saturated rings. The zero-order valence-corrected chi connectivity index (χ0v) is 17.1. The summed E-state index contributed by atoms with van der Waals surface area (Å²) in [5.41, 5.74) is 4.70. The highest BCUT2D eigenvalue weighted by atomic mass is 35.5. The Morgan fingerprint density at radius 2 is 1.48 bits per heavy atom. The van der Waals surface area contributed by atoms with E-state index in [2.05, 4.69) is 15.8 Å². The Hall–Kier alpha value is -3.96. The monoisotopic (exact) mass is 427 g/mol. The predicted octanol–water partition coefficient (Wildman–Crippen LogP) is 5.51. The molecule has 4 aromatic carbocycles. The molecule has 0 aromatic heterocycles. The molecular weight excluding hydrogens is 410 g/mol. The lowest BCUT2D eigenvalue weighted by Crippen LogP contribution is -2.18. The number of amides is 2. The van der Waals surface area contributed by atoms with Crippen LogP contribution < -0.4 is 10.7 Å². The number of hydrogen-bond acceptors (Lipinski definition) is 3. The molecule has 0 aliphatic rings. The smallest absolute Gasteiger partial charge is 0.271 e. The van der Waals surface area contributed by atoms with E-state index in [-0.39, 0.29) is 11.8 Å². The van der Waals surface area contributed by atoms with Crippen molar-refractivity contribution in [2.75, 3.05) is 5.32 Å². The molecule has 152 valence electrons. The number of carbonyl (C=O) groups is 2. The Labute approximate surface area is 184 Å². The maximum absolute atomic E-state index is 12.4. The average molecular weight is 428 g/mol. The molecule has 4 aromatic rings. The predicted molar refractivity (Wildman–Crippen MR) is 125 cm³/mol. The molecule has 0 unspecified atom stereocenters. The van der Waals surface area contributed by atoms with Crippen LogP contribution >= 0.6 is 11.6 Å².